The molecule has 0 spiro atoms. The summed E-state index contributed by atoms with van der Waals surface area (Å²) in [5, 5.41) is 0. The Morgan fingerprint density at radius 1 is 0.562 bits per heavy atom. The lowest BCUT2D eigenvalue weighted by atomic mass is 10.0. The number of benzene rings is 3. The monoisotopic (exact) mass is 426 g/mol. The van der Waals surface area contributed by atoms with Gasteiger partial charge in [0, 0.05) is 16.7 Å². The number of rotatable bonds is 6. The molecule has 0 amide bonds. The highest BCUT2D eigenvalue weighted by molar-refractivity contribution is 5.48. The van der Waals surface area contributed by atoms with Crippen LogP contribution in [0.25, 0.3) is 0 Å². The fourth-order valence-electron chi connectivity index (χ4n) is 3.41. The number of halogens is 2. The first-order valence-electron chi connectivity index (χ1n) is 11.3. The van der Waals surface area contributed by atoms with E-state index in [1.54, 1.807) is 12.1 Å². The number of hydrogen-bond acceptors (Lipinski definition) is 0. The minimum absolute atomic E-state index is 0.0807. The van der Waals surface area contributed by atoms with Crippen LogP contribution in [-0.4, -0.2) is 0 Å². The van der Waals surface area contributed by atoms with Crippen molar-refractivity contribution in [1.29, 1.82) is 0 Å². The molecule has 0 radical (unpaired) electrons. The molecule has 3 rings (SSSR count). The van der Waals surface area contributed by atoms with Crippen molar-refractivity contribution >= 4 is 0 Å². The molecule has 0 aliphatic carbocycles. The van der Waals surface area contributed by atoms with Crippen molar-refractivity contribution in [2.75, 3.05) is 0 Å². The Balaban J connectivity index is 1.67. The summed E-state index contributed by atoms with van der Waals surface area (Å²) in [6, 6.07) is 19.0. The second-order valence-corrected chi connectivity index (χ2v) is 7.88. The van der Waals surface area contributed by atoms with E-state index >= 15 is 0 Å². The maximum Gasteiger partial charge on any atom is 0.174 e. The molecule has 2 heteroatoms. The van der Waals surface area contributed by atoms with Crippen LogP contribution in [0.15, 0.2) is 60.7 Å². The van der Waals surface area contributed by atoms with Gasteiger partial charge in [-0.15, -0.1) is 0 Å². The molecule has 0 heterocycles. The summed E-state index contributed by atoms with van der Waals surface area (Å²) in [5.41, 5.74) is 4.41. The summed E-state index contributed by atoms with van der Waals surface area (Å²) >= 11 is 0. The molecule has 0 fully saturated rings. The number of unbranched alkanes of at least 4 members (excludes halogenated alkanes) is 2. The predicted molar refractivity (Wildman–Crippen MR) is 128 cm³/mol. The van der Waals surface area contributed by atoms with E-state index in [1.807, 2.05) is 36.4 Å². The molecular formula is C30H28F2. The van der Waals surface area contributed by atoms with E-state index in [0.717, 1.165) is 48.8 Å². The van der Waals surface area contributed by atoms with Crippen molar-refractivity contribution in [3.05, 3.63) is 106 Å². The average Bonchev–Trinajstić information content (AvgIpc) is 2.82. The van der Waals surface area contributed by atoms with Gasteiger partial charge in [0.15, 0.2) is 11.6 Å². The van der Waals surface area contributed by atoms with Gasteiger partial charge in [-0.25, -0.2) is 8.78 Å². The lowest BCUT2D eigenvalue weighted by Crippen LogP contribution is -1.98. The molecule has 3 aromatic rings. The highest BCUT2D eigenvalue weighted by Crippen LogP contribution is 2.18. The summed E-state index contributed by atoms with van der Waals surface area (Å²) in [6.45, 7) is 4.25. The smallest absolute Gasteiger partial charge is 0.174 e. The zero-order valence-electron chi connectivity index (χ0n) is 18.8. The number of aryl methyl sites for hydroxylation is 2. The highest BCUT2D eigenvalue weighted by Gasteiger charge is 2.11. The zero-order valence-corrected chi connectivity index (χ0v) is 18.8. The minimum Gasteiger partial charge on any atom is -0.203 e. The predicted octanol–water partition coefficient (Wildman–Crippen LogP) is 7.45. The van der Waals surface area contributed by atoms with E-state index in [2.05, 4.69) is 49.7 Å². The lowest BCUT2D eigenvalue weighted by Gasteiger charge is -2.05. The third-order valence-electron chi connectivity index (χ3n) is 5.28. The normalized spacial score (nSPS) is 10.1. The fourth-order valence-corrected chi connectivity index (χ4v) is 3.41. The SMILES string of the molecule is CCCCCc1ccc(C#Cc2ccc(C#Cc3ccc(CCC)cc3)cc2)c(F)c1F. The van der Waals surface area contributed by atoms with Gasteiger partial charge >= 0.3 is 0 Å². The molecule has 0 N–H and O–H groups in total. The first-order chi connectivity index (χ1) is 15.6. The Morgan fingerprint density at radius 3 is 1.69 bits per heavy atom. The molecule has 3 aromatic carbocycles. The van der Waals surface area contributed by atoms with Crippen LogP contribution >= 0.6 is 0 Å². The molecule has 0 nitrogen and oxygen atoms in total. The van der Waals surface area contributed by atoms with Gasteiger partial charge in [-0.3, -0.25) is 0 Å². The van der Waals surface area contributed by atoms with Gasteiger partial charge in [-0.05, 0) is 72.9 Å². The molecule has 0 saturated heterocycles. The first kappa shape index (κ1) is 23.3. The molecule has 0 atom stereocenters. The highest BCUT2D eigenvalue weighted by atomic mass is 19.2. The van der Waals surface area contributed by atoms with E-state index in [0.29, 0.717) is 12.0 Å². The van der Waals surface area contributed by atoms with Crippen molar-refractivity contribution in [3.8, 4) is 23.7 Å². The average molecular weight is 427 g/mol. The van der Waals surface area contributed by atoms with Gasteiger partial charge in [0.25, 0.3) is 0 Å². The Labute approximate surface area is 190 Å². The number of hydrogen-bond donors (Lipinski definition) is 0. The maximum atomic E-state index is 14.4. The van der Waals surface area contributed by atoms with Crippen LogP contribution < -0.4 is 0 Å². The van der Waals surface area contributed by atoms with Crippen molar-refractivity contribution in [2.45, 2.75) is 52.4 Å². The summed E-state index contributed by atoms with van der Waals surface area (Å²) in [4.78, 5) is 0. The van der Waals surface area contributed by atoms with Gasteiger partial charge in [0.1, 0.15) is 0 Å². The minimum atomic E-state index is -0.862. The second kappa shape index (κ2) is 11.9. The van der Waals surface area contributed by atoms with Crippen LogP contribution in [0.4, 0.5) is 8.78 Å². The molecule has 32 heavy (non-hydrogen) atoms. The van der Waals surface area contributed by atoms with Crippen molar-refractivity contribution in [2.24, 2.45) is 0 Å². The van der Waals surface area contributed by atoms with Crippen molar-refractivity contribution < 1.29 is 8.78 Å². The van der Waals surface area contributed by atoms with E-state index in [9.17, 15) is 8.78 Å². The van der Waals surface area contributed by atoms with Crippen LogP contribution in [0.1, 0.15) is 72.9 Å². The van der Waals surface area contributed by atoms with Crippen LogP contribution in [0, 0.1) is 35.3 Å². The molecular weight excluding hydrogens is 398 g/mol. The molecule has 0 unspecified atom stereocenters. The van der Waals surface area contributed by atoms with E-state index in [1.165, 1.54) is 5.56 Å². The Hall–Kier alpha value is -3.36. The summed E-state index contributed by atoms with van der Waals surface area (Å²) in [7, 11) is 0. The third kappa shape index (κ3) is 6.57. The van der Waals surface area contributed by atoms with E-state index in [4.69, 9.17) is 0 Å². The molecule has 0 aliphatic rings. The summed E-state index contributed by atoms with van der Waals surface area (Å²) < 4.78 is 28.7. The molecule has 0 saturated carbocycles. The Kier molecular flexibility index (Phi) is 8.65. The Morgan fingerprint density at radius 2 is 1.12 bits per heavy atom. The van der Waals surface area contributed by atoms with Crippen LogP contribution in [0.5, 0.6) is 0 Å². The molecule has 162 valence electrons. The zero-order chi connectivity index (χ0) is 22.8. The third-order valence-corrected chi connectivity index (χ3v) is 5.28. The maximum absolute atomic E-state index is 14.4. The summed E-state index contributed by atoms with van der Waals surface area (Å²) in [5.74, 6) is 10.3. The van der Waals surface area contributed by atoms with Crippen LogP contribution in [0.2, 0.25) is 0 Å². The van der Waals surface area contributed by atoms with Gasteiger partial charge in [0.2, 0.25) is 0 Å². The van der Waals surface area contributed by atoms with Crippen molar-refractivity contribution in [1.82, 2.24) is 0 Å². The van der Waals surface area contributed by atoms with E-state index in [-0.39, 0.29) is 5.56 Å². The fraction of sp³-hybridized carbons (Fsp3) is 0.267. The largest absolute Gasteiger partial charge is 0.203 e. The quantitative estimate of drug-likeness (QED) is 0.284. The van der Waals surface area contributed by atoms with Crippen LogP contribution in [-0.2, 0) is 12.8 Å². The van der Waals surface area contributed by atoms with E-state index < -0.39 is 11.6 Å². The standard InChI is InChI=1S/C30H28F2/c1-3-5-6-8-27-21-22-28(30(32)29(27)31)20-19-26-17-15-25(16-18-26)14-13-24-11-9-23(7-4-2)10-12-24/h9-12,15-18,21-22H,3-8H2,1-2H3. The lowest BCUT2D eigenvalue weighted by molar-refractivity contribution is 0.494. The molecule has 0 aliphatic heterocycles. The summed E-state index contributed by atoms with van der Waals surface area (Å²) in [6.07, 6.45) is 5.67. The first-order valence-corrected chi connectivity index (χ1v) is 11.3. The molecule has 0 bridgehead atoms. The van der Waals surface area contributed by atoms with Gasteiger partial charge in [-0.2, -0.15) is 0 Å². The van der Waals surface area contributed by atoms with Crippen molar-refractivity contribution in [3.63, 3.8) is 0 Å². The van der Waals surface area contributed by atoms with Gasteiger partial charge in [-0.1, -0.05) is 75.0 Å². The Bertz CT molecular complexity index is 1150. The van der Waals surface area contributed by atoms with Gasteiger partial charge < -0.3 is 0 Å². The molecule has 0 aromatic heterocycles. The topological polar surface area (TPSA) is 0 Å². The van der Waals surface area contributed by atoms with Crippen LogP contribution in [0.3, 0.4) is 0 Å². The second-order valence-electron chi connectivity index (χ2n) is 7.88. The van der Waals surface area contributed by atoms with Gasteiger partial charge in [0.05, 0.1) is 5.56 Å².